The van der Waals surface area contributed by atoms with Crippen molar-refractivity contribution in [1.82, 2.24) is 25.1 Å². The highest BCUT2D eigenvalue weighted by molar-refractivity contribution is 5.51. The maximum Gasteiger partial charge on any atom is 0.134 e. The van der Waals surface area contributed by atoms with Crippen LogP contribution in [0.5, 0.6) is 0 Å². The summed E-state index contributed by atoms with van der Waals surface area (Å²) in [6.07, 6.45) is 10.4. The Morgan fingerprint density at radius 1 is 1.04 bits per heavy atom. The fourth-order valence-electron chi connectivity index (χ4n) is 4.83. The van der Waals surface area contributed by atoms with Crippen molar-refractivity contribution in [2.24, 2.45) is 0 Å². The molecule has 1 aliphatic heterocycles. The van der Waals surface area contributed by atoms with Crippen LogP contribution in [0.15, 0.2) is 12.4 Å². The van der Waals surface area contributed by atoms with Crippen LogP contribution in [0.2, 0.25) is 0 Å². The molecule has 28 heavy (non-hydrogen) atoms. The Morgan fingerprint density at radius 2 is 1.79 bits per heavy atom. The average Bonchev–Trinajstić information content (AvgIpc) is 3.29. The molecule has 0 bridgehead atoms. The monoisotopic (exact) mass is 381 g/mol. The zero-order chi connectivity index (χ0) is 19.1. The number of hydrogen-bond donors (Lipinski definition) is 1. The van der Waals surface area contributed by atoms with Gasteiger partial charge in [0.1, 0.15) is 18.0 Å². The Labute approximate surface area is 167 Å². The lowest BCUT2D eigenvalue weighted by Crippen LogP contribution is -2.46. The van der Waals surface area contributed by atoms with Gasteiger partial charge in [-0.05, 0) is 50.5 Å². The lowest BCUT2D eigenvalue weighted by atomic mass is 10.0. The van der Waals surface area contributed by atoms with E-state index in [2.05, 4.69) is 40.9 Å². The number of hydrogen-bond acceptors (Lipinski definition) is 6. The summed E-state index contributed by atoms with van der Waals surface area (Å²) >= 11 is 0. The van der Waals surface area contributed by atoms with Gasteiger partial charge < -0.3 is 9.80 Å². The van der Waals surface area contributed by atoms with E-state index in [-0.39, 0.29) is 0 Å². The summed E-state index contributed by atoms with van der Waals surface area (Å²) in [6, 6.07) is 3.40. The molecule has 2 aliphatic carbocycles. The molecule has 0 spiro atoms. The molecule has 0 unspecified atom stereocenters. The third kappa shape index (κ3) is 3.48. The average molecular weight is 382 g/mol. The van der Waals surface area contributed by atoms with Gasteiger partial charge in [0, 0.05) is 57.6 Å². The first-order valence-corrected chi connectivity index (χ1v) is 10.7. The highest BCUT2D eigenvalue weighted by Crippen LogP contribution is 2.36. The lowest BCUT2D eigenvalue weighted by molar-refractivity contribution is 0.198. The summed E-state index contributed by atoms with van der Waals surface area (Å²) in [5.74, 6) is 2.09. The molecule has 0 atom stereocenters. The summed E-state index contributed by atoms with van der Waals surface area (Å²) in [5, 5.41) is 7.86. The van der Waals surface area contributed by atoms with Gasteiger partial charge in [0.15, 0.2) is 0 Å². The smallest absolute Gasteiger partial charge is 0.134 e. The van der Waals surface area contributed by atoms with Gasteiger partial charge in [-0.2, -0.15) is 5.10 Å². The Kier molecular flexibility index (Phi) is 4.70. The number of anilines is 2. The van der Waals surface area contributed by atoms with E-state index in [4.69, 9.17) is 0 Å². The van der Waals surface area contributed by atoms with Gasteiger partial charge in [-0.25, -0.2) is 9.97 Å². The molecule has 1 N–H and O–H groups in total. The number of nitrogens with zero attached hydrogens (tertiary/aromatic N) is 6. The molecule has 3 heterocycles. The van der Waals surface area contributed by atoms with E-state index >= 15 is 0 Å². The first-order valence-electron chi connectivity index (χ1n) is 10.7. The predicted molar refractivity (Wildman–Crippen MR) is 111 cm³/mol. The molecule has 0 aromatic carbocycles. The van der Waals surface area contributed by atoms with E-state index in [1.54, 1.807) is 6.33 Å². The summed E-state index contributed by atoms with van der Waals surface area (Å²) in [7, 11) is 4.08. The Hall–Kier alpha value is -2.15. The number of likely N-dealkylation sites (tertiary alicyclic amines) is 1. The zero-order valence-corrected chi connectivity index (χ0v) is 17.1. The number of aromatic amines is 1. The largest absolute Gasteiger partial charge is 0.363 e. The first-order chi connectivity index (χ1) is 13.7. The van der Waals surface area contributed by atoms with Crippen LogP contribution in [0.1, 0.15) is 49.1 Å². The van der Waals surface area contributed by atoms with E-state index < -0.39 is 0 Å². The summed E-state index contributed by atoms with van der Waals surface area (Å²) in [4.78, 5) is 16.3. The van der Waals surface area contributed by atoms with Crippen molar-refractivity contribution in [1.29, 1.82) is 0 Å². The van der Waals surface area contributed by atoms with E-state index in [0.29, 0.717) is 12.1 Å². The number of nitrogens with one attached hydrogen (secondary N) is 1. The molecule has 2 aromatic rings. The van der Waals surface area contributed by atoms with Gasteiger partial charge in [0.25, 0.3) is 0 Å². The second-order valence-corrected chi connectivity index (χ2v) is 8.76. The first kappa shape index (κ1) is 17.9. The molecule has 5 rings (SSSR count). The number of H-pyrrole nitrogens is 1. The van der Waals surface area contributed by atoms with Gasteiger partial charge in [-0.1, -0.05) is 0 Å². The van der Waals surface area contributed by atoms with Crippen LogP contribution < -0.4 is 9.80 Å². The fraction of sp³-hybridized carbons (Fsp3) is 0.667. The van der Waals surface area contributed by atoms with Crippen molar-refractivity contribution in [3.05, 3.63) is 29.3 Å². The van der Waals surface area contributed by atoms with E-state index in [9.17, 15) is 0 Å². The standard InChI is InChI=1S/C21H31N7/c1-26(2)20-12-21(23-14-22-20)28(15-6-7-15)16-8-10-27(11-9-16)13-19-17-4-3-5-18(17)24-25-19/h12,14-16H,3-11,13H2,1-2H3,(H,24,25). The molecule has 3 aliphatic rings. The molecule has 7 nitrogen and oxygen atoms in total. The van der Waals surface area contributed by atoms with Crippen molar-refractivity contribution in [2.45, 2.75) is 63.6 Å². The highest BCUT2D eigenvalue weighted by atomic mass is 15.3. The maximum absolute atomic E-state index is 4.64. The molecule has 1 saturated carbocycles. The lowest BCUT2D eigenvalue weighted by Gasteiger charge is -2.39. The van der Waals surface area contributed by atoms with Crippen LogP contribution in [-0.2, 0) is 19.4 Å². The molecular weight excluding hydrogens is 350 g/mol. The summed E-state index contributed by atoms with van der Waals surface area (Å²) < 4.78 is 0. The number of piperidine rings is 1. The maximum atomic E-state index is 4.64. The molecule has 150 valence electrons. The Bertz CT molecular complexity index is 818. The molecule has 7 heteroatoms. The minimum atomic E-state index is 0.582. The van der Waals surface area contributed by atoms with Gasteiger partial charge in [-0.3, -0.25) is 10.00 Å². The Balaban J connectivity index is 1.25. The van der Waals surface area contributed by atoms with E-state index in [1.165, 1.54) is 61.9 Å². The topological polar surface area (TPSA) is 64.2 Å². The molecule has 2 fully saturated rings. The van der Waals surface area contributed by atoms with Crippen LogP contribution >= 0.6 is 0 Å². The Morgan fingerprint density at radius 3 is 2.54 bits per heavy atom. The fourth-order valence-corrected chi connectivity index (χ4v) is 4.83. The van der Waals surface area contributed by atoms with Gasteiger partial charge in [-0.15, -0.1) is 0 Å². The summed E-state index contributed by atoms with van der Waals surface area (Å²) in [6.45, 7) is 3.28. The number of fused-ring (bicyclic) bond motifs is 1. The molecular formula is C21H31N7. The van der Waals surface area contributed by atoms with Crippen LogP contribution in [0.3, 0.4) is 0 Å². The van der Waals surface area contributed by atoms with Crippen molar-refractivity contribution in [2.75, 3.05) is 37.0 Å². The van der Waals surface area contributed by atoms with Crippen LogP contribution in [-0.4, -0.2) is 64.3 Å². The normalized spacial score (nSPS) is 20.4. The number of aromatic nitrogens is 4. The van der Waals surface area contributed by atoms with Gasteiger partial charge in [0.05, 0.1) is 5.69 Å². The molecule has 1 saturated heterocycles. The zero-order valence-electron chi connectivity index (χ0n) is 17.1. The van der Waals surface area contributed by atoms with Crippen molar-refractivity contribution < 1.29 is 0 Å². The quantitative estimate of drug-likeness (QED) is 0.829. The van der Waals surface area contributed by atoms with Crippen molar-refractivity contribution in [3.63, 3.8) is 0 Å². The number of rotatable bonds is 6. The van der Waals surface area contributed by atoms with Crippen molar-refractivity contribution >= 4 is 11.6 Å². The minimum Gasteiger partial charge on any atom is -0.363 e. The number of aryl methyl sites for hydroxylation is 1. The van der Waals surface area contributed by atoms with Crippen LogP contribution in [0.4, 0.5) is 11.6 Å². The van der Waals surface area contributed by atoms with Crippen molar-refractivity contribution in [3.8, 4) is 0 Å². The third-order valence-electron chi connectivity index (χ3n) is 6.52. The van der Waals surface area contributed by atoms with Gasteiger partial charge >= 0.3 is 0 Å². The van der Waals surface area contributed by atoms with E-state index in [0.717, 1.165) is 31.3 Å². The second-order valence-electron chi connectivity index (χ2n) is 8.76. The van der Waals surface area contributed by atoms with Crippen LogP contribution in [0.25, 0.3) is 0 Å². The SMILES string of the molecule is CN(C)c1cc(N(C2CC2)C2CCN(Cc3n[nH]c4c3CCC4)CC2)ncn1. The third-order valence-corrected chi connectivity index (χ3v) is 6.52. The van der Waals surface area contributed by atoms with Crippen LogP contribution in [0, 0.1) is 0 Å². The van der Waals surface area contributed by atoms with E-state index in [1.807, 2.05) is 14.1 Å². The predicted octanol–water partition coefficient (Wildman–Crippen LogP) is 2.39. The second kappa shape index (κ2) is 7.35. The molecule has 2 aromatic heterocycles. The highest BCUT2D eigenvalue weighted by Gasteiger charge is 2.37. The summed E-state index contributed by atoms with van der Waals surface area (Å²) in [5.41, 5.74) is 4.17. The molecule has 0 radical (unpaired) electrons. The minimum absolute atomic E-state index is 0.582. The molecule has 0 amide bonds. The van der Waals surface area contributed by atoms with Gasteiger partial charge in [0.2, 0.25) is 0 Å².